The molecular weight excluding hydrogens is 290 g/mol. The van der Waals surface area contributed by atoms with Crippen molar-refractivity contribution in [2.45, 2.75) is 58.7 Å². The Morgan fingerprint density at radius 2 is 2.00 bits per heavy atom. The van der Waals surface area contributed by atoms with Gasteiger partial charge in [0, 0.05) is 11.3 Å². The maximum atomic E-state index is 13.1. The van der Waals surface area contributed by atoms with Crippen LogP contribution < -0.4 is 0 Å². The third-order valence-corrected chi connectivity index (χ3v) is 4.27. The number of esters is 1. The molecule has 1 saturated heterocycles. The number of cyclic esters (lactones) is 1. The fraction of sp³-hybridized carbons (Fsp3) is 0.526. The van der Waals surface area contributed by atoms with Gasteiger partial charge in [0.2, 0.25) is 5.91 Å². The highest BCUT2D eigenvalue weighted by Gasteiger charge is 2.59. The lowest BCUT2D eigenvalue weighted by atomic mass is 9.84. The van der Waals surface area contributed by atoms with Crippen LogP contribution in [0.1, 0.15) is 47.0 Å². The first kappa shape index (κ1) is 18.0. The van der Waals surface area contributed by atoms with Crippen LogP contribution in [0.5, 0.6) is 0 Å². The van der Waals surface area contributed by atoms with Crippen molar-refractivity contribution in [1.82, 2.24) is 4.90 Å². The average molecular weight is 316 g/mol. The summed E-state index contributed by atoms with van der Waals surface area (Å²) in [6.45, 7) is 11.4. The summed E-state index contributed by atoms with van der Waals surface area (Å²) in [6.07, 6.45) is 10.3. The average Bonchev–Trinajstić information content (AvgIpc) is 3.06. The summed E-state index contributed by atoms with van der Waals surface area (Å²) >= 11 is 0. The Morgan fingerprint density at radius 1 is 1.39 bits per heavy atom. The summed E-state index contributed by atoms with van der Waals surface area (Å²) in [5.41, 5.74) is -1.55. The van der Waals surface area contributed by atoms with Crippen molar-refractivity contribution in [3.05, 3.63) is 44.3 Å². The number of rotatable bonds is 5. The van der Waals surface area contributed by atoms with E-state index in [1.807, 2.05) is 53.4 Å². The number of hydrogen-bond acceptors (Lipinski definition) is 3. The van der Waals surface area contributed by atoms with Crippen LogP contribution in [0.25, 0.3) is 0 Å². The van der Waals surface area contributed by atoms with Crippen LogP contribution in [0.3, 0.4) is 0 Å². The summed E-state index contributed by atoms with van der Waals surface area (Å²) in [6, 6.07) is 0. The Morgan fingerprint density at radius 3 is 2.48 bits per heavy atom. The van der Waals surface area contributed by atoms with E-state index >= 15 is 0 Å². The lowest BCUT2D eigenvalue weighted by Crippen LogP contribution is -2.57. The highest BCUT2D eigenvalue weighted by Crippen LogP contribution is 2.44. The summed E-state index contributed by atoms with van der Waals surface area (Å²) in [5.74, 6) is 0.422. The molecule has 4 heteroatoms. The fourth-order valence-electron chi connectivity index (χ4n) is 3.18. The van der Waals surface area contributed by atoms with Gasteiger partial charge in [-0.05, 0) is 38.5 Å². The number of nitrogens with zero attached hydrogens (tertiary/aromatic N) is 1. The topological polar surface area (TPSA) is 46.6 Å². The summed E-state index contributed by atoms with van der Waals surface area (Å²) < 4.78 is 5.67. The Labute approximate surface area is 140 Å². The van der Waals surface area contributed by atoms with E-state index in [1.54, 1.807) is 11.0 Å². The minimum absolute atomic E-state index is 0.0788. The van der Waals surface area contributed by atoms with Gasteiger partial charge in [-0.1, -0.05) is 40.2 Å². The molecule has 0 aromatic heterocycles. The maximum absolute atomic E-state index is 13.1. The van der Waals surface area contributed by atoms with E-state index in [-0.39, 0.29) is 11.9 Å². The molecule has 2 rings (SSSR count). The van der Waals surface area contributed by atoms with E-state index < -0.39 is 17.2 Å². The van der Waals surface area contributed by atoms with Gasteiger partial charge in [-0.15, -0.1) is 6.58 Å². The molecule has 2 atom stereocenters. The molecule has 1 aliphatic carbocycles. The van der Waals surface area contributed by atoms with E-state index in [4.69, 9.17) is 4.74 Å². The standard InChI is InChI=1S/C19H26NO3/c1-6-12-19(13-7-2)17(22)23-15(14-10-8-9-11-14)20(19)16(21)18(3,4)5/h6,8-11,15H,1,7,12-13H2,2-5H3/t15-,19-/m0/s1. The van der Waals surface area contributed by atoms with Crippen LogP contribution in [0.2, 0.25) is 0 Å². The predicted octanol–water partition coefficient (Wildman–Crippen LogP) is 3.26. The first-order chi connectivity index (χ1) is 10.8. The molecule has 1 aliphatic heterocycles. The molecule has 1 heterocycles. The predicted molar refractivity (Wildman–Crippen MR) is 89.1 cm³/mol. The van der Waals surface area contributed by atoms with Crippen LogP contribution in [0.15, 0.2) is 12.7 Å². The van der Waals surface area contributed by atoms with Crippen molar-refractivity contribution >= 4 is 11.9 Å². The maximum Gasteiger partial charge on any atom is 0.334 e. The third kappa shape index (κ3) is 3.17. The van der Waals surface area contributed by atoms with E-state index in [9.17, 15) is 9.59 Å². The van der Waals surface area contributed by atoms with Gasteiger partial charge in [0.15, 0.2) is 6.23 Å². The van der Waals surface area contributed by atoms with E-state index in [0.29, 0.717) is 12.8 Å². The quantitative estimate of drug-likeness (QED) is 0.578. The van der Waals surface area contributed by atoms with Gasteiger partial charge < -0.3 is 4.74 Å². The zero-order valence-electron chi connectivity index (χ0n) is 14.5. The molecule has 0 aromatic carbocycles. The first-order valence-corrected chi connectivity index (χ1v) is 8.15. The normalized spacial score (nSPS) is 29.0. The molecule has 23 heavy (non-hydrogen) atoms. The summed E-state index contributed by atoms with van der Waals surface area (Å²) in [4.78, 5) is 27.6. The van der Waals surface area contributed by atoms with E-state index in [2.05, 4.69) is 6.58 Å². The Kier molecular flexibility index (Phi) is 5.22. The second-order valence-electron chi connectivity index (χ2n) is 7.18. The molecule has 0 N–H and O–H groups in total. The number of hydrogen-bond donors (Lipinski definition) is 0. The SMILES string of the molecule is C=CC[C@]1(CCC)C(=O)O[C@@H]([C]2[CH][CH][CH][CH]2)N1C(=O)C(C)(C)C. The van der Waals surface area contributed by atoms with Crippen molar-refractivity contribution in [2.75, 3.05) is 0 Å². The van der Waals surface area contributed by atoms with E-state index in [0.717, 1.165) is 12.3 Å². The van der Waals surface area contributed by atoms with E-state index in [1.165, 1.54) is 0 Å². The number of carbonyl (C=O) groups excluding carboxylic acids is 2. The lowest BCUT2D eigenvalue weighted by molar-refractivity contribution is -0.149. The molecule has 125 valence electrons. The monoisotopic (exact) mass is 316 g/mol. The Balaban J connectivity index is 2.46. The molecule has 4 nitrogen and oxygen atoms in total. The molecule has 1 saturated carbocycles. The zero-order valence-corrected chi connectivity index (χ0v) is 14.5. The van der Waals surface area contributed by atoms with Gasteiger partial charge in [0.25, 0.3) is 0 Å². The second kappa shape index (κ2) is 6.66. The number of ether oxygens (including phenoxy) is 1. The zero-order chi connectivity index (χ0) is 17.3. The van der Waals surface area contributed by atoms with Gasteiger partial charge in [-0.3, -0.25) is 9.69 Å². The summed E-state index contributed by atoms with van der Waals surface area (Å²) in [5, 5.41) is 0. The molecule has 5 radical (unpaired) electrons. The number of amides is 1. The Hall–Kier alpha value is -1.32. The van der Waals surface area contributed by atoms with Gasteiger partial charge >= 0.3 is 5.97 Å². The van der Waals surface area contributed by atoms with Crippen LogP contribution in [-0.2, 0) is 14.3 Å². The first-order valence-electron chi connectivity index (χ1n) is 8.15. The second-order valence-corrected chi connectivity index (χ2v) is 7.18. The highest BCUT2D eigenvalue weighted by molar-refractivity contribution is 5.93. The molecule has 2 fully saturated rings. The smallest absolute Gasteiger partial charge is 0.334 e. The van der Waals surface area contributed by atoms with Crippen molar-refractivity contribution in [3.63, 3.8) is 0 Å². The molecule has 0 unspecified atom stereocenters. The summed E-state index contributed by atoms with van der Waals surface area (Å²) in [7, 11) is 0. The van der Waals surface area contributed by atoms with Gasteiger partial charge in [-0.2, -0.15) is 0 Å². The molecule has 0 bridgehead atoms. The fourth-order valence-corrected chi connectivity index (χ4v) is 3.18. The van der Waals surface area contributed by atoms with Crippen molar-refractivity contribution in [3.8, 4) is 0 Å². The van der Waals surface area contributed by atoms with Gasteiger partial charge in [0.05, 0.1) is 0 Å². The third-order valence-electron chi connectivity index (χ3n) is 4.27. The lowest BCUT2D eigenvalue weighted by Gasteiger charge is -2.40. The Bertz CT molecular complexity index is 473. The van der Waals surface area contributed by atoms with Gasteiger partial charge in [-0.25, -0.2) is 4.79 Å². The molecular formula is C19H26NO3. The largest absolute Gasteiger partial charge is 0.439 e. The molecule has 0 spiro atoms. The van der Waals surface area contributed by atoms with Crippen molar-refractivity contribution in [1.29, 1.82) is 0 Å². The molecule has 1 amide bonds. The molecule has 2 aliphatic rings. The minimum atomic E-state index is -0.956. The van der Waals surface area contributed by atoms with Crippen LogP contribution in [-0.4, -0.2) is 28.5 Å². The van der Waals surface area contributed by atoms with Crippen LogP contribution >= 0.6 is 0 Å². The van der Waals surface area contributed by atoms with Crippen molar-refractivity contribution in [2.24, 2.45) is 5.41 Å². The molecule has 0 aromatic rings. The van der Waals surface area contributed by atoms with Crippen molar-refractivity contribution < 1.29 is 14.3 Å². The minimum Gasteiger partial charge on any atom is -0.439 e. The van der Waals surface area contributed by atoms with Crippen LogP contribution in [0.4, 0.5) is 0 Å². The number of carbonyl (C=O) groups is 2. The van der Waals surface area contributed by atoms with Gasteiger partial charge in [0.1, 0.15) is 5.54 Å². The van der Waals surface area contributed by atoms with Crippen LogP contribution in [0, 0.1) is 37.0 Å². The highest BCUT2D eigenvalue weighted by atomic mass is 16.6.